The second-order valence-corrected chi connectivity index (χ2v) is 6.48. The van der Waals surface area contributed by atoms with Crippen LogP contribution in [0.25, 0.3) is 11.1 Å². The van der Waals surface area contributed by atoms with Crippen LogP contribution in [0, 0.1) is 0 Å². The predicted molar refractivity (Wildman–Crippen MR) is 80.9 cm³/mol. The molecule has 0 fully saturated rings. The average Bonchev–Trinajstić information content (AvgIpc) is 3.03. The van der Waals surface area contributed by atoms with Gasteiger partial charge in [-0.15, -0.1) is 23.1 Å². The van der Waals surface area contributed by atoms with Crippen LogP contribution in [-0.2, 0) is 11.3 Å². The Morgan fingerprint density at radius 2 is 2.25 bits per heavy atom. The van der Waals surface area contributed by atoms with Crippen molar-refractivity contribution in [1.82, 2.24) is 0 Å². The van der Waals surface area contributed by atoms with Crippen molar-refractivity contribution in [1.29, 1.82) is 0 Å². The van der Waals surface area contributed by atoms with Gasteiger partial charge in [0, 0.05) is 5.56 Å². The van der Waals surface area contributed by atoms with Crippen LogP contribution in [0.2, 0.25) is 0 Å². The second-order valence-electron chi connectivity index (χ2n) is 4.36. The van der Waals surface area contributed by atoms with Gasteiger partial charge in [-0.25, -0.2) is 4.79 Å². The smallest absolute Gasteiger partial charge is 0.477 e. The minimum atomic E-state index is -0.916. The Labute approximate surface area is 124 Å². The number of carbonyl (C=O) groups is 1. The molecular weight excluding hydrogens is 295 g/mol. The third kappa shape index (κ3) is 2.16. The number of hydrogen-bond donors (Lipinski definition) is 2. The summed E-state index contributed by atoms with van der Waals surface area (Å²) in [6, 6.07) is 7.32. The zero-order valence-electron chi connectivity index (χ0n) is 10.6. The van der Waals surface area contributed by atoms with Crippen LogP contribution >= 0.6 is 23.1 Å². The number of thioether (sulfide) groups is 1. The van der Waals surface area contributed by atoms with Gasteiger partial charge in [-0.3, -0.25) is 0 Å². The topological polar surface area (TPSA) is 66.8 Å². The number of aromatic carboxylic acids is 1. The maximum absolute atomic E-state index is 11.1. The van der Waals surface area contributed by atoms with E-state index in [1.54, 1.807) is 6.07 Å². The largest absolute Gasteiger partial charge is 0.491 e. The standard InChI is InChI=1S/C13H11BO4S2/c1-19-13-8(5-11(20-13)12(15)16)7-3-2-4-10-9(7)6-18-14(10)17/h2-5,17H,6H2,1H3,(H,15,16). The highest BCUT2D eigenvalue weighted by Crippen LogP contribution is 2.39. The van der Waals surface area contributed by atoms with E-state index >= 15 is 0 Å². The Bertz CT molecular complexity index is 683. The maximum Gasteiger partial charge on any atom is 0.491 e. The van der Waals surface area contributed by atoms with Crippen LogP contribution < -0.4 is 5.46 Å². The van der Waals surface area contributed by atoms with Crippen LogP contribution in [-0.4, -0.2) is 29.5 Å². The van der Waals surface area contributed by atoms with Crippen molar-refractivity contribution in [2.75, 3.05) is 6.26 Å². The van der Waals surface area contributed by atoms with Crippen molar-refractivity contribution < 1.29 is 19.6 Å². The average molecular weight is 306 g/mol. The van der Waals surface area contributed by atoms with Gasteiger partial charge in [0.15, 0.2) is 0 Å². The molecule has 0 unspecified atom stereocenters. The predicted octanol–water partition coefficient (Wildman–Crippen LogP) is 2.05. The van der Waals surface area contributed by atoms with Crippen LogP contribution in [0.4, 0.5) is 0 Å². The lowest BCUT2D eigenvalue weighted by Gasteiger charge is -2.07. The van der Waals surface area contributed by atoms with Crippen molar-refractivity contribution in [2.45, 2.75) is 10.8 Å². The number of hydrogen-bond acceptors (Lipinski definition) is 5. The first kappa shape index (κ1) is 13.7. The molecule has 1 aliphatic rings. The minimum Gasteiger partial charge on any atom is -0.477 e. The highest BCUT2D eigenvalue weighted by Gasteiger charge is 2.30. The fraction of sp³-hybridized carbons (Fsp3) is 0.154. The van der Waals surface area contributed by atoms with E-state index in [0.717, 1.165) is 26.4 Å². The maximum atomic E-state index is 11.1. The highest BCUT2D eigenvalue weighted by molar-refractivity contribution is 8.00. The number of carboxylic acids is 1. The molecule has 0 radical (unpaired) electrons. The number of fused-ring (bicyclic) bond motifs is 1. The summed E-state index contributed by atoms with van der Waals surface area (Å²) in [5.41, 5.74) is 3.53. The zero-order chi connectivity index (χ0) is 14.3. The quantitative estimate of drug-likeness (QED) is 0.671. The summed E-state index contributed by atoms with van der Waals surface area (Å²) in [7, 11) is -0.889. The van der Waals surface area contributed by atoms with Gasteiger partial charge in [0.05, 0.1) is 10.8 Å². The third-order valence-electron chi connectivity index (χ3n) is 3.25. The molecule has 0 amide bonds. The SMILES string of the molecule is CSc1sc(C(=O)O)cc1-c1cccc2c1COB2O. The summed E-state index contributed by atoms with van der Waals surface area (Å²) in [4.78, 5) is 11.5. The van der Waals surface area contributed by atoms with E-state index in [1.807, 2.05) is 24.5 Å². The van der Waals surface area contributed by atoms with Crippen LogP contribution in [0.5, 0.6) is 0 Å². The van der Waals surface area contributed by atoms with Crippen LogP contribution in [0.1, 0.15) is 15.2 Å². The molecule has 2 aromatic rings. The van der Waals surface area contributed by atoms with Gasteiger partial charge < -0.3 is 14.8 Å². The van der Waals surface area contributed by atoms with E-state index < -0.39 is 13.1 Å². The van der Waals surface area contributed by atoms with Gasteiger partial charge in [0.2, 0.25) is 0 Å². The van der Waals surface area contributed by atoms with E-state index in [9.17, 15) is 9.82 Å². The summed E-state index contributed by atoms with van der Waals surface area (Å²) >= 11 is 2.80. The number of carboxylic acid groups (broad SMARTS) is 1. The third-order valence-corrected chi connectivity index (χ3v) is 5.51. The summed E-state index contributed by atoms with van der Waals surface area (Å²) in [5, 5.41) is 18.9. The number of thiophene rings is 1. The Hall–Kier alpha value is -1.28. The molecular formula is C13H11BO4S2. The monoisotopic (exact) mass is 306 g/mol. The molecule has 0 saturated carbocycles. The molecule has 0 spiro atoms. The van der Waals surface area contributed by atoms with Gasteiger partial charge in [-0.2, -0.15) is 0 Å². The Morgan fingerprint density at radius 1 is 1.45 bits per heavy atom. The summed E-state index contributed by atoms with van der Waals surface area (Å²) in [6.45, 7) is 0.346. The van der Waals surface area contributed by atoms with Crippen molar-refractivity contribution in [3.05, 3.63) is 34.7 Å². The van der Waals surface area contributed by atoms with E-state index in [2.05, 4.69) is 0 Å². The van der Waals surface area contributed by atoms with Crippen molar-refractivity contribution in [2.24, 2.45) is 0 Å². The van der Waals surface area contributed by atoms with E-state index in [1.165, 1.54) is 23.1 Å². The molecule has 4 nitrogen and oxygen atoms in total. The van der Waals surface area contributed by atoms with E-state index in [0.29, 0.717) is 11.5 Å². The molecule has 2 heterocycles. The summed E-state index contributed by atoms with van der Waals surface area (Å²) in [6.07, 6.45) is 1.93. The molecule has 102 valence electrons. The summed E-state index contributed by atoms with van der Waals surface area (Å²) < 4.78 is 6.20. The fourth-order valence-corrected chi connectivity index (χ4v) is 4.05. The highest BCUT2D eigenvalue weighted by atomic mass is 32.2. The second kappa shape index (κ2) is 5.25. The Morgan fingerprint density at radius 3 is 2.95 bits per heavy atom. The molecule has 0 atom stereocenters. The van der Waals surface area contributed by atoms with E-state index in [-0.39, 0.29) is 0 Å². The van der Waals surface area contributed by atoms with Crippen molar-refractivity contribution in [3.63, 3.8) is 0 Å². The van der Waals surface area contributed by atoms with Gasteiger partial charge in [0.25, 0.3) is 0 Å². The van der Waals surface area contributed by atoms with Gasteiger partial charge >= 0.3 is 13.1 Å². The Balaban J connectivity index is 2.17. The number of benzene rings is 1. The first-order valence-electron chi connectivity index (χ1n) is 5.94. The lowest BCUT2D eigenvalue weighted by molar-refractivity contribution is 0.0702. The first-order valence-corrected chi connectivity index (χ1v) is 7.99. The van der Waals surface area contributed by atoms with Crippen LogP contribution in [0.15, 0.2) is 28.5 Å². The molecule has 20 heavy (non-hydrogen) atoms. The van der Waals surface area contributed by atoms with Gasteiger partial charge in [-0.05, 0) is 28.9 Å². The molecule has 0 saturated heterocycles. The Kier molecular flexibility index (Phi) is 3.60. The first-order chi connectivity index (χ1) is 9.61. The lowest BCUT2D eigenvalue weighted by atomic mass is 9.78. The number of rotatable bonds is 3. The fourth-order valence-electron chi connectivity index (χ4n) is 2.32. The van der Waals surface area contributed by atoms with Gasteiger partial charge in [0.1, 0.15) is 4.88 Å². The lowest BCUT2D eigenvalue weighted by Crippen LogP contribution is -2.27. The van der Waals surface area contributed by atoms with Gasteiger partial charge in [-0.1, -0.05) is 18.2 Å². The molecule has 1 aromatic carbocycles. The summed E-state index contributed by atoms with van der Waals surface area (Å²) in [5.74, 6) is -0.916. The normalized spacial score (nSPS) is 13.6. The van der Waals surface area contributed by atoms with Crippen LogP contribution in [0.3, 0.4) is 0 Å². The van der Waals surface area contributed by atoms with E-state index in [4.69, 9.17) is 9.76 Å². The van der Waals surface area contributed by atoms with Crippen molar-refractivity contribution in [3.8, 4) is 11.1 Å². The van der Waals surface area contributed by atoms with Crippen molar-refractivity contribution >= 4 is 41.6 Å². The molecule has 7 heteroatoms. The zero-order valence-corrected chi connectivity index (χ0v) is 12.3. The molecule has 0 bridgehead atoms. The molecule has 1 aliphatic heterocycles. The molecule has 3 rings (SSSR count). The molecule has 1 aromatic heterocycles. The minimum absolute atomic E-state index is 0.321. The molecule has 2 N–H and O–H groups in total. The molecule has 0 aliphatic carbocycles.